The summed E-state index contributed by atoms with van der Waals surface area (Å²) in [7, 11) is 1.16. The average molecular weight is 300 g/mol. The van der Waals surface area contributed by atoms with Gasteiger partial charge in [-0.1, -0.05) is 23.2 Å². The van der Waals surface area contributed by atoms with E-state index in [0.717, 1.165) is 13.2 Å². The van der Waals surface area contributed by atoms with E-state index in [9.17, 15) is 9.18 Å². The maximum Gasteiger partial charge on any atom is 0.359 e. The lowest BCUT2D eigenvalue weighted by Gasteiger charge is -2.06. The Morgan fingerprint density at radius 1 is 1.32 bits per heavy atom. The Bertz CT molecular complexity index is 647. The molecule has 0 bridgehead atoms. The molecule has 0 fully saturated rings. The molecule has 0 aliphatic rings. The zero-order chi connectivity index (χ0) is 14.0. The molecular weight excluding hydrogens is 292 g/mol. The number of hydrogen-bond donors (Lipinski definition) is 0. The molecule has 1 heterocycles. The summed E-state index contributed by atoms with van der Waals surface area (Å²) >= 11 is 11.9. The highest BCUT2D eigenvalue weighted by atomic mass is 35.5. The number of pyridine rings is 1. The molecule has 0 aliphatic heterocycles. The Kier molecular flexibility index (Phi) is 4.02. The minimum Gasteiger partial charge on any atom is -0.464 e. The number of carbonyl (C=O) groups excluding carboxylic acids is 1. The van der Waals surface area contributed by atoms with Gasteiger partial charge in [-0.2, -0.15) is 0 Å². The van der Waals surface area contributed by atoms with Crippen LogP contribution in [0.25, 0.3) is 11.1 Å². The lowest BCUT2D eigenvalue weighted by atomic mass is 10.1. The van der Waals surface area contributed by atoms with Gasteiger partial charge < -0.3 is 4.74 Å². The van der Waals surface area contributed by atoms with Crippen LogP contribution in [-0.2, 0) is 4.74 Å². The zero-order valence-corrected chi connectivity index (χ0v) is 11.3. The highest BCUT2D eigenvalue weighted by molar-refractivity contribution is 6.35. The molecule has 19 heavy (non-hydrogen) atoms. The molecule has 6 heteroatoms. The van der Waals surface area contributed by atoms with Crippen LogP contribution in [0.15, 0.2) is 30.5 Å². The summed E-state index contributed by atoms with van der Waals surface area (Å²) in [6.07, 6.45) is 1.34. The number of carbonyl (C=O) groups is 1. The number of rotatable bonds is 2. The Morgan fingerprint density at radius 3 is 2.68 bits per heavy atom. The fourth-order valence-electron chi connectivity index (χ4n) is 1.55. The first-order valence-corrected chi connectivity index (χ1v) is 5.98. The van der Waals surface area contributed by atoms with Crippen molar-refractivity contribution in [2.45, 2.75) is 0 Å². The molecule has 0 saturated heterocycles. The van der Waals surface area contributed by atoms with E-state index >= 15 is 0 Å². The van der Waals surface area contributed by atoms with Gasteiger partial charge in [0.15, 0.2) is 11.5 Å². The second-order valence-corrected chi connectivity index (χ2v) is 4.51. The smallest absolute Gasteiger partial charge is 0.359 e. The van der Waals surface area contributed by atoms with Gasteiger partial charge in [0.1, 0.15) is 0 Å². The van der Waals surface area contributed by atoms with Crippen LogP contribution >= 0.6 is 23.2 Å². The normalized spacial score (nSPS) is 10.3. The van der Waals surface area contributed by atoms with E-state index < -0.39 is 11.8 Å². The van der Waals surface area contributed by atoms with Crippen molar-refractivity contribution < 1.29 is 13.9 Å². The van der Waals surface area contributed by atoms with Crippen LogP contribution in [0.5, 0.6) is 0 Å². The van der Waals surface area contributed by atoms with E-state index in [1.54, 1.807) is 18.2 Å². The zero-order valence-electron chi connectivity index (χ0n) is 9.78. The van der Waals surface area contributed by atoms with Crippen LogP contribution in [-0.4, -0.2) is 18.1 Å². The quantitative estimate of drug-likeness (QED) is 0.787. The van der Waals surface area contributed by atoms with Gasteiger partial charge in [0.05, 0.1) is 7.11 Å². The summed E-state index contributed by atoms with van der Waals surface area (Å²) in [6, 6.07) is 5.99. The number of benzene rings is 1. The molecule has 98 valence electrons. The SMILES string of the molecule is COC(=O)c1ncc(-c2cc(Cl)ccc2Cl)cc1F. The predicted molar refractivity (Wildman–Crippen MR) is 71.0 cm³/mol. The average Bonchev–Trinajstić information content (AvgIpc) is 2.40. The highest BCUT2D eigenvalue weighted by Crippen LogP contribution is 2.30. The van der Waals surface area contributed by atoms with Crippen LogP contribution in [0.4, 0.5) is 4.39 Å². The van der Waals surface area contributed by atoms with Crippen LogP contribution in [0.2, 0.25) is 10.0 Å². The number of ether oxygens (including phenoxy) is 1. The molecule has 0 amide bonds. The molecule has 2 aromatic rings. The molecule has 0 aliphatic carbocycles. The number of aromatic nitrogens is 1. The van der Waals surface area contributed by atoms with Gasteiger partial charge in [-0.15, -0.1) is 0 Å². The predicted octanol–water partition coefficient (Wildman–Crippen LogP) is 3.98. The largest absolute Gasteiger partial charge is 0.464 e. The van der Waals surface area contributed by atoms with E-state index in [2.05, 4.69) is 9.72 Å². The molecule has 1 aromatic heterocycles. The van der Waals surface area contributed by atoms with Crippen LogP contribution in [0.1, 0.15) is 10.5 Å². The van der Waals surface area contributed by atoms with Crippen molar-refractivity contribution in [3.63, 3.8) is 0 Å². The molecule has 0 unspecified atom stereocenters. The summed E-state index contributed by atoms with van der Waals surface area (Å²) in [5, 5.41) is 0.883. The van der Waals surface area contributed by atoms with Gasteiger partial charge in [0, 0.05) is 27.4 Å². The van der Waals surface area contributed by atoms with Gasteiger partial charge in [0.25, 0.3) is 0 Å². The number of halogens is 3. The molecule has 0 N–H and O–H groups in total. The van der Waals surface area contributed by atoms with E-state index in [0.29, 0.717) is 21.2 Å². The molecule has 3 nitrogen and oxygen atoms in total. The van der Waals surface area contributed by atoms with E-state index in [1.165, 1.54) is 6.20 Å². The second kappa shape index (κ2) is 5.55. The molecule has 0 saturated carbocycles. The van der Waals surface area contributed by atoms with Crippen molar-refractivity contribution in [1.82, 2.24) is 4.98 Å². The fraction of sp³-hybridized carbons (Fsp3) is 0.0769. The first-order valence-electron chi connectivity index (χ1n) is 5.22. The number of methoxy groups -OCH3 is 1. The van der Waals surface area contributed by atoms with Crippen molar-refractivity contribution >= 4 is 29.2 Å². The van der Waals surface area contributed by atoms with E-state index in [4.69, 9.17) is 23.2 Å². The van der Waals surface area contributed by atoms with Crippen LogP contribution < -0.4 is 0 Å². The Labute approximate surface area is 118 Å². The summed E-state index contributed by atoms with van der Waals surface area (Å²) in [6.45, 7) is 0. The first kappa shape index (κ1) is 13.8. The topological polar surface area (TPSA) is 39.2 Å². The van der Waals surface area contributed by atoms with Gasteiger partial charge in [-0.05, 0) is 24.3 Å². The summed E-state index contributed by atoms with van der Waals surface area (Å²) in [5.74, 6) is -1.61. The Morgan fingerprint density at radius 2 is 2.05 bits per heavy atom. The Balaban J connectivity index is 2.50. The van der Waals surface area contributed by atoms with Gasteiger partial charge in [-0.25, -0.2) is 14.2 Å². The lowest BCUT2D eigenvalue weighted by Crippen LogP contribution is -2.07. The first-order chi connectivity index (χ1) is 9.02. The summed E-state index contributed by atoms with van der Waals surface area (Å²) in [4.78, 5) is 15.0. The van der Waals surface area contributed by atoms with Crippen LogP contribution in [0.3, 0.4) is 0 Å². The second-order valence-electron chi connectivity index (χ2n) is 3.67. The monoisotopic (exact) mass is 299 g/mol. The van der Waals surface area contributed by atoms with Gasteiger partial charge in [-0.3, -0.25) is 0 Å². The maximum atomic E-state index is 13.8. The van der Waals surface area contributed by atoms with Gasteiger partial charge >= 0.3 is 5.97 Å². The van der Waals surface area contributed by atoms with E-state index in [1.807, 2.05) is 0 Å². The van der Waals surface area contributed by atoms with Crippen molar-refractivity contribution in [3.8, 4) is 11.1 Å². The lowest BCUT2D eigenvalue weighted by molar-refractivity contribution is 0.0588. The molecule has 0 spiro atoms. The van der Waals surface area contributed by atoms with Crippen LogP contribution in [0, 0.1) is 5.82 Å². The third-order valence-electron chi connectivity index (χ3n) is 2.46. The third kappa shape index (κ3) is 2.85. The number of hydrogen-bond acceptors (Lipinski definition) is 3. The fourth-order valence-corrected chi connectivity index (χ4v) is 1.95. The minimum absolute atomic E-state index is 0.371. The van der Waals surface area contributed by atoms with Crippen molar-refractivity contribution in [1.29, 1.82) is 0 Å². The minimum atomic E-state index is -0.832. The third-order valence-corrected chi connectivity index (χ3v) is 3.02. The van der Waals surface area contributed by atoms with Crippen molar-refractivity contribution in [2.75, 3.05) is 7.11 Å². The number of nitrogens with zero attached hydrogens (tertiary/aromatic N) is 1. The standard InChI is InChI=1S/C13H8Cl2FNO2/c1-19-13(18)12-11(16)4-7(6-17-12)9-5-8(14)2-3-10(9)15/h2-6H,1H3. The molecular formula is C13H8Cl2FNO2. The highest BCUT2D eigenvalue weighted by Gasteiger charge is 2.15. The molecule has 0 atom stereocenters. The molecule has 2 rings (SSSR count). The summed E-state index contributed by atoms with van der Waals surface area (Å²) < 4.78 is 18.2. The van der Waals surface area contributed by atoms with E-state index in [-0.39, 0.29) is 5.69 Å². The van der Waals surface area contributed by atoms with Crippen molar-refractivity contribution in [2.24, 2.45) is 0 Å². The van der Waals surface area contributed by atoms with Crippen molar-refractivity contribution in [3.05, 3.63) is 52.0 Å². The molecule has 0 radical (unpaired) electrons. The Hall–Kier alpha value is -1.65. The van der Waals surface area contributed by atoms with Gasteiger partial charge in [0.2, 0.25) is 0 Å². The molecule has 1 aromatic carbocycles. The summed E-state index contributed by atoms with van der Waals surface area (Å²) in [5.41, 5.74) is 0.596. The number of esters is 1. The maximum absolute atomic E-state index is 13.8.